The molecule has 4 atom stereocenters. The van der Waals surface area contributed by atoms with Crippen LogP contribution in [0.2, 0.25) is 0 Å². The van der Waals surface area contributed by atoms with Gasteiger partial charge in [0.15, 0.2) is 0 Å². The molecule has 0 saturated carbocycles. The summed E-state index contributed by atoms with van der Waals surface area (Å²) in [4.78, 5) is 48.7. The van der Waals surface area contributed by atoms with Crippen LogP contribution >= 0.6 is 0 Å². The van der Waals surface area contributed by atoms with Crippen molar-refractivity contribution in [1.82, 2.24) is 19.4 Å². The Kier molecular flexibility index (Phi) is 5.37. The van der Waals surface area contributed by atoms with Crippen molar-refractivity contribution in [3.8, 4) is 16.9 Å². The van der Waals surface area contributed by atoms with E-state index in [0.717, 1.165) is 0 Å². The fraction of sp³-hybridized carbons (Fsp3) is 0.292. The molecule has 10 heteroatoms. The Bertz CT molecular complexity index is 1320. The Labute approximate surface area is 194 Å². The highest BCUT2D eigenvalue weighted by Gasteiger charge is 2.58. The van der Waals surface area contributed by atoms with E-state index in [1.165, 1.54) is 28.1 Å². The van der Waals surface area contributed by atoms with E-state index < -0.39 is 42.4 Å². The van der Waals surface area contributed by atoms with E-state index >= 15 is 0 Å². The van der Waals surface area contributed by atoms with Gasteiger partial charge >= 0.3 is 5.97 Å². The lowest BCUT2D eigenvalue weighted by molar-refractivity contribution is -0.144. The monoisotopic (exact) mass is 462 g/mol. The van der Waals surface area contributed by atoms with Crippen LogP contribution in [0.15, 0.2) is 59.8 Å². The number of ether oxygens (including phenoxy) is 1. The van der Waals surface area contributed by atoms with Crippen molar-refractivity contribution in [2.75, 3.05) is 13.7 Å². The first-order valence-corrected chi connectivity index (χ1v) is 10.8. The standard InChI is InChI=1S/C24H22N4O6/c1-34-14-4-2-3-13(9-14)15-5-6-18-21-20(24(32)33)16(12-29)19(11-27(18)22(15)30)28(21)23(31)17-10-25-7-8-26-17/h2-10,16,19-21,29H,11-12H2,1H3,(H,32,33)/t16-,19-,20+,21+/m0/s1. The van der Waals surface area contributed by atoms with E-state index in [2.05, 4.69) is 9.97 Å². The van der Waals surface area contributed by atoms with Crippen molar-refractivity contribution in [2.24, 2.45) is 11.8 Å². The van der Waals surface area contributed by atoms with Crippen LogP contribution in [0, 0.1) is 11.8 Å². The molecule has 1 amide bonds. The van der Waals surface area contributed by atoms with Gasteiger partial charge in [0, 0.05) is 42.7 Å². The quantitative estimate of drug-likeness (QED) is 0.578. The van der Waals surface area contributed by atoms with E-state index in [1.807, 2.05) is 0 Å². The van der Waals surface area contributed by atoms with E-state index in [4.69, 9.17) is 4.74 Å². The van der Waals surface area contributed by atoms with Crippen molar-refractivity contribution in [3.05, 3.63) is 76.7 Å². The van der Waals surface area contributed by atoms with Gasteiger partial charge in [0.25, 0.3) is 11.5 Å². The third kappa shape index (κ3) is 3.26. The summed E-state index contributed by atoms with van der Waals surface area (Å²) in [7, 11) is 1.54. The Hall–Kier alpha value is -4.05. The summed E-state index contributed by atoms with van der Waals surface area (Å²) in [6, 6.07) is 8.80. The molecule has 5 rings (SSSR count). The molecule has 2 aromatic heterocycles. The first kappa shape index (κ1) is 21.8. The maximum Gasteiger partial charge on any atom is 0.309 e. The lowest BCUT2D eigenvalue weighted by Gasteiger charge is -2.38. The van der Waals surface area contributed by atoms with Crippen LogP contribution < -0.4 is 10.3 Å². The number of benzene rings is 1. The normalized spacial score (nSPS) is 22.8. The van der Waals surface area contributed by atoms with Gasteiger partial charge in [0.2, 0.25) is 0 Å². The largest absolute Gasteiger partial charge is 0.497 e. The zero-order valence-corrected chi connectivity index (χ0v) is 18.2. The molecule has 174 valence electrons. The third-order valence-corrected chi connectivity index (χ3v) is 6.73. The predicted molar refractivity (Wildman–Crippen MR) is 119 cm³/mol. The van der Waals surface area contributed by atoms with Gasteiger partial charge in [-0.3, -0.25) is 19.4 Å². The molecule has 2 bridgehead atoms. The first-order valence-electron chi connectivity index (χ1n) is 10.8. The number of pyridine rings is 1. The topological polar surface area (TPSA) is 135 Å². The molecule has 1 fully saturated rings. The van der Waals surface area contributed by atoms with Crippen molar-refractivity contribution in [2.45, 2.75) is 18.6 Å². The summed E-state index contributed by atoms with van der Waals surface area (Å²) in [5, 5.41) is 20.1. The van der Waals surface area contributed by atoms with Gasteiger partial charge in [-0.15, -0.1) is 0 Å². The Morgan fingerprint density at radius 2 is 2.03 bits per heavy atom. The molecule has 2 N–H and O–H groups in total. The Balaban J connectivity index is 1.66. The number of aliphatic hydroxyl groups excluding tert-OH is 1. The number of aliphatic carboxylic acids is 1. The number of aromatic nitrogens is 3. The molecule has 10 nitrogen and oxygen atoms in total. The zero-order chi connectivity index (χ0) is 24.0. The minimum Gasteiger partial charge on any atom is -0.497 e. The average Bonchev–Trinajstić information content (AvgIpc) is 3.11. The van der Waals surface area contributed by atoms with Gasteiger partial charge in [-0.05, 0) is 29.8 Å². The maximum absolute atomic E-state index is 13.5. The predicted octanol–water partition coefficient (Wildman–Crippen LogP) is 1.20. The molecule has 1 saturated heterocycles. The van der Waals surface area contributed by atoms with Crippen LogP contribution in [0.4, 0.5) is 0 Å². The average molecular weight is 462 g/mol. The number of aliphatic hydroxyl groups is 1. The van der Waals surface area contributed by atoms with Crippen molar-refractivity contribution in [1.29, 1.82) is 0 Å². The summed E-state index contributed by atoms with van der Waals surface area (Å²) in [5.41, 5.74) is 1.29. The summed E-state index contributed by atoms with van der Waals surface area (Å²) >= 11 is 0. The number of methoxy groups -OCH3 is 1. The molecule has 3 aromatic rings. The number of hydrogen-bond acceptors (Lipinski definition) is 7. The molecule has 0 radical (unpaired) electrons. The summed E-state index contributed by atoms with van der Waals surface area (Å²) < 4.78 is 6.79. The fourth-order valence-electron chi connectivity index (χ4n) is 5.22. The summed E-state index contributed by atoms with van der Waals surface area (Å²) in [6.45, 7) is -0.378. The van der Waals surface area contributed by atoms with Crippen molar-refractivity contribution < 1.29 is 24.5 Å². The number of amides is 1. The third-order valence-electron chi connectivity index (χ3n) is 6.73. The molecule has 0 spiro atoms. The minimum atomic E-state index is -1.14. The number of carboxylic acids is 1. The SMILES string of the molecule is COc1cccc(-c2ccc3n(c2=O)C[C@H]2[C@H](CO)[C@@H](C(=O)O)[C@@H]3N2C(=O)c2cnccn2)c1. The summed E-state index contributed by atoms with van der Waals surface area (Å²) in [5.74, 6) is -2.84. The fourth-order valence-corrected chi connectivity index (χ4v) is 5.22. The van der Waals surface area contributed by atoms with Crippen LogP contribution in [0.3, 0.4) is 0 Å². The van der Waals surface area contributed by atoms with Crippen LogP contribution in [-0.4, -0.2) is 61.3 Å². The molecule has 1 aromatic carbocycles. The van der Waals surface area contributed by atoms with Crippen LogP contribution in [-0.2, 0) is 11.3 Å². The molecule has 2 aliphatic rings. The van der Waals surface area contributed by atoms with Gasteiger partial charge in [0.05, 0.1) is 31.3 Å². The lowest BCUT2D eigenvalue weighted by Crippen LogP contribution is -2.49. The number of rotatable bonds is 5. The van der Waals surface area contributed by atoms with Gasteiger partial charge in [-0.25, -0.2) is 4.98 Å². The Morgan fingerprint density at radius 3 is 2.71 bits per heavy atom. The highest BCUT2D eigenvalue weighted by Crippen LogP contribution is 2.49. The van der Waals surface area contributed by atoms with Crippen molar-refractivity contribution >= 4 is 11.9 Å². The number of nitrogens with zero attached hydrogens (tertiary/aromatic N) is 4. The first-order chi connectivity index (χ1) is 16.5. The van der Waals surface area contributed by atoms with Gasteiger partial charge in [-0.2, -0.15) is 0 Å². The zero-order valence-electron chi connectivity index (χ0n) is 18.2. The van der Waals surface area contributed by atoms with E-state index in [1.54, 1.807) is 43.5 Å². The second-order valence-corrected chi connectivity index (χ2v) is 8.35. The van der Waals surface area contributed by atoms with E-state index in [-0.39, 0.29) is 17.8 Å². The van der Waals surface area contributed by atoms with Crippen molar-refractivity contribution in [3.63, 3.8) is 0 Å². The highest BCUT2D eigenvalue weighted by atomic mass is 16.5. The van der Waals surface area contributed by atoms with Crippen LogP contribution in [0.25, 0.3) is 11.1 Å². The number of hydrogen-bond donors (Lipinski definition) is 2. The molecule has 0 aliphatic carbocycles. The second kappa shape index (κ2) is 8.38. The van der Waals surface area contributed by atoms with E-state index in [0.29, 0.717) is 22.6 Å². The molecular formula is C24H22N4O6. The number of carboxylic acid groups (broad SMARTS) is 1. The number of carbonyl (C=O) groups is 2. The molecule has 2 aliphatic heterocycles. The number of fused-ring (bicyclic) bond motifs is 4. The minimum absolute atomic E-state index is 0.0590. The second-order valence-electron chi connectivity index (χ2n) is 8.35. The molecule has 0 unspecified atom stereocenters. The van der Waals surface area contributed by atoms with Gasteiger partial charge in [-0.1, -0.05) is 12.1 Å². The van der Waals surface area contributed by atoms with Gasteiger partial charge in [0.1, 0.15) is 11.4 Å². The molecule has 34 heavy (non-hydrogen) atoms. The van der Waals surface area contributed by atoms with Gasteiger partial charge < -0.3 is 24.4 Å². The molecular weight excluding hydrogens is 440 g/mol. The lowest BCUT2D eigenvalue weighted by atomic mass is 9.87. The summed E-state index contributed by atoms with van der Waals surface area (Å²) in [6.07, 6.45) is 4.14. The Morgan fingerprint density at radius 1 is 1.21 bits per heavy atom. The van der Waals surface area contributed by atoms with E-state index in [9.17, 15) is 24.6 Å². The number of carbonyl (C=O) groups excluding carboxylic acids is 1. The maximum atomic E-state index is 13.5. The molecule has 4 heterocycles. The highest BCUT2D eigenvalue weighted by molar-refractivity contribution is 5.93. The van der Waals surface area contributed by atoms with Crippen LogP contribution in [0.5, 0.6) is 5.75 Å². The smallest absolute Gasteiger partial charge is 0.309 e. The van der Waals surface area contributed by atoms with Crippen LogP contribution in [0.1, 0.15) is 22.2 Å².